The molecule has 2 heterocycles. The van der Waals surface area contributed by atoms with Gasteiger partial charge in [0.15, 0.2) is 0 Å². The predicted molar refractivity (Wildman–Crippen MR) is 74.8 cm³/mol. The third kappa shape index (κ3) is 2.90. The second kappa shape index (κ2) is 5.64. The summed E-state index contributed by atoms with van der Waals surface area (Å²) in [6.45, 7) is 3.63. The number of hydrogen-bond acceptors (Lipinski definition) is 4. The largest absolute Gasteiger partial charge is 0.368 e. The van der Waals surface area contributed by atoms with Crippen LogP contribution in [0.25, 0.3) is 10.9 Å². The zero-order valence-corrected chi connectivity index (χ0v) is 11.3. The van der Waals surface area contributed by atoms with Crippen molar-refractivity contribution in [2.24, 2.45) is 11.7 Å². The van der Waals surface area contributed by atoms with E-state index in [2.05, 4.69) is 15.3 Å². The minimum Gasteiger partial charge on any atom is -0.368 e. The SMILES string of the molecule is CC(C)[C@@H](NC(=O)c1ccc2cnccc2n1)C(N)=O. The highest BCUT2D eigenvalue weighted by Crippen LogP contribution is 2.11. The molecular formula is C14H16N4O2. The number of rotatable bonds is 4. The van der Waals surface area contributed by atoms with Gasteiger partial charge in [-0.3, -0.25) is 14.6 Å². The van der Waals surface area contributed by atoms with Crippen molar-refractivity contribution in [3.63, 3.8) is 0 Å². The second-order valence-electron chi connectivity index (χ2n) is 4.86. The minimum absolute atomic E-state index is 0.0823. The minimum atomic E-state index is -0.711. The van der Waals surface area contributed by atoms with Gasteiger partial charge in [-0.2, -0.15) is 0 Å². The first-order chi connectivity index (χ1) is 9.49. The molecule has 3 N–H and O–H groups in total. The summed E-state index contributed by atoms with van der Waals surface area (Å²) < 4.78 is 0. The van der Waals surface area contributed by atoms with Gasteiger partial charge in [-0.1, -0.05) is 13.8 Å². The number of carbonyl (C=O) groups excluding carboxylic acids is 2. The monoisotopic (exact) mass is 272 g/mol. The van der Waals surface area contributed by atoms with Gasteiger partial charge in [0.25, 0.3) is 5.91 Å². The fourth-order valence-corrected chi connectivity index (χ4v) is 1.87. The first-order valence-corrected chi connectivity index (χ1v) is 6.30. The van der Waals surface area contributed by atoms with E-state index >= 15 is 0 Å². The van der Waals surface area contributed by atoms with Crippen LogP contribution in [0, 0.1) is 5.92 Å². The van der Waals surface area contributed by atoms with Crippen molar-refractivity contribution < 1.29 is 9.59 Å². The molecule has 0 fully saturated rings. The average molecular weight is 272 g/mol. The number of primary amides is 1. The maximum atomic E-state index is 12.1. The van der Waals surface area contributed by atoms with Gasteiger partial charge in [0.05, 0.1) is 5.52 Å². The van der Waals surface area contributed by atoms with Crippen molar-refractivity contribution >= 4 is 22.7 Å². The number of pyridine rings is 2. The van der Waals surface area contributed by atoms with E-state index in [-0.39, 0.29) is 11.6 Å². The van der Waals surface area contributed by atoms with E-state index in [0.717, 1.165) is 5.39 Å². The van der Waals surface area contributed by atoms with Gasteiger partial charge < -0.3 is 11.1 Å². The van der Waals surface area contributed by atoms with Gasteiger partial charge in [0, 0.05) is 17.8 Å². The van der Waals surface area contributed by atoms with Gasteiger partial charge in [0.2, 0.25) is 5.91 Å². The van der Waals surface area contributed by atoms with Crippen LogP contribution in [0.2, 0.25) is 0 Å². The molecule has 1 atom stereocenters. The highest BCUT2D eigenvalue weighted by Gasteiger charge is 2.22. The third-order valence-corrected chi connectivity index (χ3v) is 2.98. The Morgan fingerprint density at radius 3 is 2.65 bits per heavy atom. The molecule has 2 aromatic heterocycles. The van der Waals surface area contributed by atoms with Gasteiger partial charge in [-0.05, 0) is 24.1 Å². The summed E-state index contributed by atoms with van der Waals surface area (Å²) in [6.07, 6.45) is 3.28. The molecule has 0 spiro atoms. The number of nitrogens with one attached hydrogen (secondary N) is 1. The normalized spacial score (nSPS) is 12.3. The number of aromatic nitrogens is 2. The van der Waals surface area contributed by atoms with E-state index in [4.69, 9.17) is 5.73 Å². The molecule has 0 aliphatic carbocycles. The lowest BCUT2D eigenvalue weighted by Crippen LogP contribution is -2.47. The van der Waals surface area contributed by atoms with Gasteiger partial charge in [-0.25, -0.2) is 4.98 Å². The molecule has 2 amide bonds. The number of hydrogen-bond donors (Lipinski definition) is 2. The standard InChI is InChI=1S/C14H16N4O2/c1-8(2)12(13(15)19)18-14(20)11-4-3-9-7-16-6-5-10(9)17-11/h3-8,12H,1-2H3,(H2,15,19)(H,18,20)/t12-/m1/s1. The molecule has 0 aliphatic rings. The summed E-state index contributed by atoms with van der Waals surface area (Å²) in [5, 5.41) is 3.45. The predicted octanol–water partition coefficient (Wildman–Crippen LogP) is 0.869. The fraction of sp³-hybridized carbons (Fsp3) is 0.286. The van der Waals surface area contributed by atoms with Crippen molar-refractivity contribution in [2.75, 3.05) is 0 Å². The fourth-order valence-electron chi connectivity index (χ4n) is 1.87. The summed E-state index contributed by atoms with van der Waals surface area (Å²) in [5.41, 5.74) is 6.19. The van der Waals surface area contributed by atoms with Crippen LogP contribution in [0.15, 0.2) is 30.6 Å². The van der Waals surface area contributed by atoms with Crippen LogP contribution in [0.5, 0.6) is 0 Å². The zero-order chi connectivity index (χ0) is 14.7. The van der Waals surface area contributed by atoms with Crippen LogP contribution in [-0.2, 0) is 4.79 Å². The Labute approximate surface area is 116 Å². The maximum absolute atomic E-state index is 12.1. The Morgan fingerprint density at radius 1 is 1.25 bits per heavy atom. The summed E-state index contributed by atoms with van der Waals surface area (Å²) >= 11 is 0. The van der Waals surface area contributed by atoms with E-state index in [0.29, 0.717) is 5.52 Å². The lowest BCUT2D eigenvalue weighted by atomic mass is 10.0. The molecule has 0 aromatic carbocycles. The van der Waals surface area contributed by atoms with Crippen LogP contribution in [-0.4, -0.2) is 27.8 Å². The lowest BCUT2D eigenvalue weighted by Gasteiger charge is -2.18. The highest BCUT2D eigenvalue weighted by molar-refractivity contribution is 5.97. The third-order valence-electron chi connectivity index (χ3n) is 2.98. The Balaban J connectivity index is 2.24. The van der Waals surface area contributed by atoms with Gasteiger partial charge in [0.1, 0.15) is 11.7 Å². The summed E-state index contributed by atoms with van der Waals surface area (Å²) in [7, 11) is 0. The van der Waals surface area contributed by atoms with E-state index < -0.39 is 17.9 Å². The maximum Gasteiger partial charge on any atom is 0.270 e. The van der Waals surface area contributed by atoms with E-state index in [1.165, 1.54) is 0 Å². The van der Waals surface area contributed by atoms with Crippen molar-refractivity contribution in [1.29, 1.82) is 0 Å². The number of amides is 2. The molecule has 104 valence electrons. The average Bonchev–Trinajstić information content (AvgIpc) is 2.43. The topological polar surface area (TPSA) is 98.0 Å². The van der Waals surface area contributed by atoms with Crippen molar-refractivity contribution in [2.45, 2.75) is 19.9 Å². The quantitative estimate of drug-likeness (QED) is 0.862. The van der Waals surface area contributed by atoms with Crippen LogP contribution < -0.4 is 11.1 Å². The molecule has 0 radical (unpaired) electrons. The Morgan fingerprint density at radius 2 is 2.00 bits per heavy atom. The summed E-state index contributed by atoms with van der Waals surface area (Å²) in [6, 6.07) is 4.37. The molecular weight excluding hydrogens is 256 g/mol. The first kappa shape index (κ1) is 13.9. The Hall–Kier alpha value is -2.50. The van der Waals surface area contributed by atoms with E-state index in [9.17, 15) is 9.59 Å². The summed E-state index contributed by atoms with van der Waals surface area (Å²) in [5.74, 6) is -1.05. The smallest absolute Gasteiger partial charge is 0.270 e. The van der Waals surface area contributed by atoms with Gasteiger partial charge >= 0.3 is 0 Å². The van der Waals surface area contributed by atoms with Crippen LogP contribution >= 0.6 is 0 Å². The molecule has 0 saturated carbocycles. The number of fused-ring (bicyclic) bond motifs is 1. The van der Waals surface area contributed by atoms with Crippen molar-refractivity contribution in [3.05, 3.63) is 36.3 Å². The van der Waals surface area contributed by atoms with Crippen molar-refractivity contribution in [1.82, 2.24) is 15.3 Å². The number of carbonyl (C=O) groups is 2. The van der Waals surface area contributed by atoms with E-state index in [1.807, 2.05) is 13.8 Å². The lowest BCUT2D eigenvalue weighted by molar-refractivity contribution is -0.120. The molecule has 6 heteroatoms. The molecule has 0 unspecified atom stereocenters. The molecule has 2 rings (SSSR count). The van der Waals surface area contributed by atoms with Crippen molar-refractivity contribution in [3.8, 4) is 0 Å². The Kier molecular flexibility index (Phi) is 3.93. The number of nitrogens with zero attached hydrogens (tertiary/aromatic N) is 2. The first-order valence-electron chi connectivity index (χ1n) is 6.30. The Bertz CT molecular complexity index is 654. The molecule has 0 bridgehead atoms. The highest BCUT2D eigenvalue weighted by atomic mass is 16.2. The second-order valence-corrected chi connectivity index (χ2v) is 4.86. The van der Waals surface area contributed by atoms with Crippen LogP contribution in [0.1, 0.15) is 24.3 Å². The molecule has 0 aliphatic heterocycles. The molecule has 20 heavy (non-hydrogen) atoms. The zero-order valence-electron chi connectivity index (χ0n) is 11.3. The summed E-state index contributed by atoms with van der Waals surface area (Å²) in [4.78, 5) is 31.6. The molecule has 0 saturated heterocycles. The molecule has 2 aromatic rings. The van der Waals surface area contributed by atoms with E-state index in [1.54, 1.807) is 30.6 Å². The van der Waals surface area contributed by atoms with Gasteiger partial charge in [-0.15, -0.1) is 0 Å². The number of nitrogens with two attached hydrogens (primary N) is 1. The van der Waals surface area contributed by atoms with Crippen LogP contribution in [0.3, 0.4) is 0 Å². The molecule has 6 nitrogen and oxygen atoms in total. The van der Waals surface area contributed by atoms with Crippen LogP contribution in [0.4, 0.5) is 0 Å².